The molecule has 11 heteroatoms. The van der Waals surface area contributed by atoms with Crippen molar-refractivity contribution in [1.29, 1.82) is 0 Å². The molecule has 0 unspecified atom stereocenters. The van der Waals surface area contributed by atoms with Crippen LogP contribution in [0.3, 0.4) is 0 Å². The maximum absolute atomic E-state index is 14.6. The number of alkyl halides is 7. The van der Waals surface area contributed by atoms with Crippen molar-refractivity contribution in [3.8, 4) is 0 Å². The van der Waals surface area contributed by atoms with E-state index in [0.29, 0.717) is 12.1 Å². The lowest BCUT2D eigenvalue weighted by atomic mass is 9.75. The summed E-state index contributed by atoms with van der Waals surface area (Å²) in [5, 5.41) is 10.0. The molecule has 2 aliphatic rings. The molecule has 31 heavy (non-hydrogen) atoms. The van der Waals surface area contributed by atoms with E-state index < -0.39 is 93.6 Å². The number of aliphatic hydroxyl groups excluding tert-OH is 1. The first-order valence-corrected chi connectivity index (χ1v) is 9.87. The van der Waals surface area contributed by atoms with Crippen molar-refractivity contribution in [3.05, 3.63) is 63.7 Å². The standard InChI is InChI=1S/C20H13F9OS/c21-8-5-12-15(13(22)6-8)10(3-4-18(12,23)24)9-1-2-14(31-20(27,28)29)16-11(9)7-19(25,26)17(16)30/h1-2,5-6,10,17,30H,3-4,7H2/t10-,17+/m1/s1. The summed E-state index contributed by atoms with van der Waals surface area (Å²) in [7, 11) is 0. The van der Waals surface area contributed by atoms with Crippen molar-refractivity contribution >= 4 is 11.8 Å². The van der Waals surface area contributed by atoms with Crippen molar-refractivity contribution in [2.75, 3.05) is 0 Å². The second kappa shape index (κ2) is 7.06. The van der Waals surface area contributed by atoms with Crippen molar-refractivity contribution in [1.82, 2.24) is 0 Å². The summed E-state index contributed by atoms with van der Waals surface area (Å²) in [6.07, 6.45) is -4.89. The summed E-state index contributed by atoms with van der Waals surface area (Å²) >= 11 is -0.681. The minimum Gasteiger partial charge on any atom is -0.382 e. The van der Waals surface area contributed by atoms with Gasteiger partial charge in [0, 0.05) is 46.4 Å². The van der Waals surface area contributed by atoms with Gasteiger partial charge >= 0.3 is 5.51 Å². The topological polar surface area (TPSA) is 20.2 Å². The maximum Gasteiger partial charge on any atom is 0.446 e. The Labute approximate surface area is 174 Å². The zero-order chi connectivity index (χ0) is 22.9. The SMILES string of the molecule is O[C@H]1c2c(SC(F)(F)F)ccc([C@H]3CCC(F)(F)c4cc(F)cc(F)c43)c2CC1(F)F. The molecular formula is C20H13F9OS. The van der Waals surface area contributed by atoms with E-state index in [4.69, 9.17) is 0 Å². The van der Waals surface area contributed by atoms with E-state index in [2.05, 4.69) is 0 Å². The summed E-state index contributed by atoms with van der Waals surface area (Å²) in [6, 6.07) is 2.79. The van der Waals surface area contributed by atoms with Crippen LogP contribution in [0, 0.1) is 11.6 Å². The van der Waals surface area contributed by atoms with E-state index in [9.17, 15) is 44.6 Å². The third-order valence-corrected chi connectivity index (χ3v) is 6.43. The Morgan fingerprint density at radius 1 is 1.00 bits per heavy atom. The molecule has 0 spiro atoms. The predicted molar refractivity (Wildman–Crippen MR) is 93.3 cm³/mol. The fraction of sp³-hybridized carbons (Fsp3) is 0.400. The average molecular weight is 472 g/mol. The molecule has 4 rings (SSSR count). The molecule has 2 aromatic carbocycles. The average Bonchev–Trinajstić information content (AvgIpc) is 2.85. The first kappa shape index (κ1) is 22.3. The molecular weight excluding hydrogens is 459 g/mol. The molecule has 0 heterocycles. The van der Waals surface area contributed by atoms with Crippen molar-refractivity contribution < 1.29 is 44.6 Å². The van der Waals surface area contributed by atoms with Gasteiger partial charge in [-0.15, -0.1) is 0 Å². The molecule has 0 amide bonds. The molecule has 0 aromatic heterocycles. The molecule has 2 atom stereocenters. The van der Waals surface area contributed by atoms with Gasteiger partial charge in [0.2, 0.25) is 0 Å². The highest BCUT2D eigenvalue weighted by Crippen LogP contribution is 2.55. The Morgan fingerprint density at radius 3 is 2.32 bits per heavy atom. The van der Waals surface area contributed by atoms with Crippen LogP contribution in [0.2, 0.25) is 0 Å². The first-order chi connectivity index (χ1) is 14.2. The fourth-order valence-corrected chi connectivity index (χ4v) is 5.13. The second-order valence-electron chi connectivity index (χ2n) is 7.58. The van der Waals surface area contributed by atoms with Gasteiger partial charge in [-0.1, -0.05) is 6.07 Å². The third-order valence-electron chi connectivity index (χ3n) is 5.62. The lowest BCUT2D eigenvalue weighted by molar-refractivity contribution is -0.0977. The number of fused-ring (bicyclic) bond motifs is 2. The van der Waals surface area contributed by atoms with Crippen molar-refractivity contribution in [2.24, 2.45) is 0 Å². The molecule has 0 saturated carbocycles. The molecule has 2 aromatic rings. The Balaban J connectivity index is 1.92. The normalized spacial score (nSPS) is 24.1. The largest absolute Gasteiger partial charge is 0.446 e. The monoisotopic (exact) mass is 472 g/mol. The van der Waals surface area contributed by atoms with Crippen molar-refractivity contribution in [3.63, 3.8) is 0 Å². The smallest absolute Gasteiger partial charge is 0.382 e. The first-order valence-electron chi connectivity index (χ1n) is 9.06. The Kier molecular flexibility index (Phi) is 5.08. The van der Waals surface area contributed by atoms with Gasteiger partial charge in [-0.3, -0.25) is 0 Å². The Hall–Kier alpha value is -1.88. The highest BCUT2D eigenvalue weighted by molar-refractivity contribution is 8.00. The zero-order valence-electron chi connectivity index (χ0n) is 15.3. The number of rotatable bonds is 2. The van der Waals surface area contributed by atoms with E-state index in [0.717, 1.165) is 12.1 Å². The van der Waals surface area contributed by atoms with Gasteiger partial charge in [0.15, 0.2) is 0 Å². The van der Waals surface area contributed by atoms with Crippen LogP contribution < -0.4 is 0 Å². The van der Waals surface area contributed by atoms with Gasteiger partial charge in [-0.25, -0.2) is 26.3 Å². The van der Waals surface area contributed by atoms with E-state index in [1.54, 1.807) is 0 Å². The van der Waals surface area contributed by atoms with E-state index in [-0.39, 0.29) is 11.1 Å². The predicted octanol–water partition coefficient (Wildman–Crippen LogP) is 6.82. The van der Waals surface area contributed by atoms with Crippen LogP contribution in [0.1, 0.15) is 52.7 Å². The number of thioether (sulfide) groups is 1. The van der Waals surface area contributed by atoms with Crippen LogP contribution >= 0.6 is 11.8 Å². The summed E-state index contributed by atoms with van der Waals surface area (Å²) in [5.41, 5.74) is -7.39. The number of aliphatic hydroxyl groups is 1. The quantitative estimate of drug-likeness (QED) is 0.383. The van der Waals surface area contributed by atoms with Crippen LogP contribution in [-0.4, -0.2) is 16.5 Å². The van der Waals surface area contributed by atoms with Gasteiger partial charge in [-0.05, 0) is 41.4 Å². The molecule has 1 nitrogen and oxygen atoms in total. The summed E-state index contributed by atoms with van der Waals surface area (Å²) in [5.74, 6) is -11.1. The number of hydrogen-bond acceptors (Lipinski definition) is 2. The van der Waals surface area contributed by atoms with E-state index >= 15 is 0 Å². The van der Waals surface area contributed by atoms with Gasteiger partial charge in [0.05, 0.1) is 0 Å². The lowest BCUT2D eigenvalue weighted by Crippen LogP contribution is -2.26. The van der Waals surface area contributed by atoms with Crippen LogP contribution in [0.15, 0.2) is 29.2 Å². The van der Waals surface area contributed by atoms with Gasteiger partial charge < -0.3 is 5.11 Å². The number of halogens is 9. The van der Waals surface area contributed by atoms with Crippen LogP contribution in [-0.2, 0) is 12.3 Å². The highest BCUT2D eigenvalue weighted by atomic mass is 32.2. The zero-order valence-corrected chi connectivity index (χ0v) is 16.2. The van der Waals surface area contributed by atoms with Crippen LogP contribution in [0.25, 0.3) is 0 Å². The molecule has 2 aliphatic carbocycles. The molecule has 168 valence electrons. The second-order valence-corrected chi connectivity index (χ2v) is 8.68. The molecule has 0 aliphatic heterocycles. The molecule has 0 bridgehead atoms. The molecule has 0 fully saturated rings. The van der Waals surface area contributed by atoms with E-state index in [1.807, 2.05) is 0 Å². The Morgan fingerprint density at radius 2 is 1.68 bits per heavy atom. The van der Waals surface area contributed by atoms with Gasteiger partial charge in [0.25, 0.3) is 11.8 Å². The maximum atomic E-state index is 14.6. The molecule has 0 radical (unpaired) electrons. The molecule has 1 N–H and O–H groups in total. The Bertz CT molecular complexity index is 1050. The fourth-order valence-electron chi connectivity index (χ4n) is 4.40. The van der Waals surface area contributed by atoms with Crippen molar-refractivity contribution in [2.45, 2.75) is 53.5 Å². The summed E-state index contributed by atoms with van der Waals surface area (Å²) < 4.78 is 124. The van der Waals surface area contributed by atoms with Crippen LogP contribution in [0.5, 0.6) is 0 Å². The third kappa shape index (κ3) is 3.79. The minimum absolute atomic E-state index is 0.0833. The summed E-state index contributed by atoms with van der Waals surface area (Å²) in [6.45, 7) is 0. The number of hydrogen-bond donors (Lipinski definition) is 1. The van der Waals surface area contributed by atoms with E-state index in [1.165, 1.54) is 0 Å². The van der Waals surface area contributed by atoms with Crippen LogP contribution in [0.4, 0.5) is 39.5 Å². The highest BCUT2D eigenvalue weighted by Gasteiger charge is 2.51. The van der Waals surface area contributed by atoms with Gasteiger partial charge in [0.1, 0.15) is 17.7 Å². The summed E-state index contributed by atoms with van der Waals surface area (Å²) in [4.78, 5) is -0.642. The minimum atomic E-state index is -4.82. The molecule has 0 saturated heterocycles. The number of benzene rings is 2. The lowest BCUT2D eigenvalue weighted by Gasteiger charge is -2.33. The van der Waals surface area contributed by atoms with Gasteiger partial charge in [-0.2, -0.15) is 13.2 Å².